The van der Waals surface area contributed by atoms with E-state index < -0.39 is 4.92 Å². The van der Waals surface area contributed by atoms with Crippen LogP contribution in [0.25, 0.3) is 0 Å². The predicted octanol–water partition coefficient (Wildman–Crippen LogP) is 1.40. The lowest BCUT2D eigenvalue weighted by molar-refractivity contribution is -0.384. The summed E-state index contributed by atoms with van der Waals surface area (Å²) in [6, 6.07) is 2.86. The van der Waals surface area contributed by atoms with Crippen molar-refractivity contribution in [2.75, 3.05) is 25.0 Å². The smallest absolute Gasteiger partial charge is 0.274 e. The maximum absolute atomic E-state index is 10.6. The highest BCUT2D eigenvalue weighted by Crippen LogP contribution is 2.16. The fourth-order valence-corrected chi connectivity index (χ4v) is 1.98. The third kappa shape index (κ3) is 3.39. The van der Waals surface area contributed by atoms with E-state index in [0.717, 1.165) is 19.6 Å². The second-order valence-electron chi connectivity index (χ2n) is 4.25. The van der Waals surface area contributed by atoms with Crippen molar-refractivity contribution >= 4 is 11.5 Å². The van der Waals surface area contributed by atoms with Gasteiger partial charge in [0.2, 0.25) is 0 Å². The minimum Gasteiger partial charge on any atom is -0.370 e. The van der Waals surface area contributed by atoms with E-state index in [2.05, 4.69) is 15.6 Å². The van der Waals surface area contributed by atoms with Gasteiger partial charge in [-0.2, -0.15) is 0 Å². The Balaban J connectivity index is 1.89. The standard InChI is InChI=1S/C11H16N4O2/c16-15(17)10-3-5-13-11(6-10)14-8-9-2-1-4-12-7-9/h3,5-6,9,12H,1-2,4,7-8H2,(H,13,14). The molecule has 1 unspecified atom stereocenters. The van der Waals surface area contributed by atoms with Gasteiger partial charge in [0, 0.05) is 18.8 Å². The molecule has 1 atom stereocenters. The Bertz CT molecular complexity index is 391. The normalized spacial score (nSPS) is 19.9. The molecule has 0 radical (unpaired) electrons. The Morgan fingerprint density at radius 1 is 1.65 bits per heavy atom. The van der Waals surface area contributed by atoms with Gasteiger partial charge in [-0.15, -0.1) is 0 Å². The average Bonchev–Trinajstić information content (AvgIpc) is 2.38. The molecule has 6 heteroatoms. The highest BCUT2D eigenvalue weighted by atomic mass is 16.6. The number of hydrogen-bond acceptors (Lipinski definition) is 5. The molecule has 0 spiro atoms. The number of piperidine rings is 1. The molecule has 1 saturated heterocycles. The molecule has 1 aliphatic heterocycles. The van der Waals surface area contributed by atoms with Crippen LogP contribution in [0.15, 0.2) is 18.3 Å². The highest BCUT2D eigenvalue weighted by molar-refractivity contribution is 5.44. The van der Waals surface area contributed by atoms with Gasteiger partial charge >= 0.3 is 0 Å². The van der Waals surface area contributed by atoms with Crippen molar-refractivity contribution in [3.63, 3.8) is 0 Å². The van der Waals surface area contributed by atoms with E-state index in [1.165, 1.54) is 31.2 Å². The van der Waals surface area contributed by atoms with Gasteiger partial charge in [0.25, 0.3) is 5.69 Å². The third-order valence-electron chi connectivity index (χ3n) is 2.93. The first-order valence-electron chi connectivity index (χ1n) is 5.81. The van der Waals surface area contributed by atoms with Gasteiger partial charge < -0.3 is 10.6 Å². The summed E-state index contributed by atoms with van der Waals surface area (Å²) >= 11 is 0. The molecular formula is C11H16N4O2. The lowest BCUT2D eigenvalue weighted by Crippen LogP contribution is -2.33. The monoisotopic (exact) mass is 236 g/mol. The average molecular weight is 236 g/mol. The molecule has 0 saturated carbocycles. The zero-order chi connectivity index (χ0) is 12.1. The van der Waals surface area contributed by atoms with Gasteiger partial charge in [-0.25, -0.2) is 4.98 Å². The zero-order valence-corrected chi connectivity index (χ0v) is 9.56. The van der Waals surface area contributed by atoms with Crippen LogP contribution in [0, 0.1) is 16.0 Å². The first-order valence-corrected chi connectivity index (χ1v) is 5.81. The second-order valence-corrected chi connectivity index (χ2v) is 4.25. The van der Waals surface area contributed by atoms with Crippen molar-refractivity contribution in [3.05, 3.63) is 28.4 Å². The highest BCUT2D eigenvalue weighted by Gasteiger charge is 2.13. The van der Waals surface area contributed by atoms with Crippen LogP contribution < -0.4 is 10.6 Å². The lowest BCUT2D eigenvalue weighted by Gasteiger charge is -2.22. The van der Waals surface area contributed by atoms with E-state index in [1.807, 2.05) is 0 Å². The van der Waals surface area contributed by atoms with Crippen LogP contribution >= 0.6 is 0 Å². The molecule has 92 valence electrons. The van der Waals surface area contributed by atoms with E-state index in [9.17, 15) is 10.1 Å². The number of hydrogen-bond donors (Lipinski definition) is 2. The van der Waals surface area contributed by atoms with Crippen molar-refractivity contribution in [1.29, 1.82) is 0 Å². The Morgan fingerprint density at radius 2 is 2.53 bits per heavy atom. The summed E-state index contributed by atoms with van der Waals surface area (Å²) in [5.41, 5.74) is 0.0734. The maximum atomic E-state index is 10.6. The third-order valence-corrected chi connectivity index (χ3v) is 2.93. The van der Waals surface area contributed by atoms with E-state index in [0.29, 0.717) is 11.7 Å². The van der Waals surface area contributed by atoms with Crippen LogP contribution in [-0.4, -0.2) is 29.5 Å². The number of nitrogens with zero attached hydrogens (tertiary/aromatic N) is 2. The Kier molecular flexibility index (Phi) is 3.87. The Labute approximate surface area is 99.6 Å². The molecule has 6 nitrogen and oxygen atoms in total. The molecule has 2 rings (SSSR count). The van der Waals surface area contributed by atoms with Crippen LogP contribution in [0.5, 0.6) is 0 Å². The summed E-state index contributed by atoms with van der Waals surface area (Å²) in [5, 5.41) is 17.1. The van der Waals surface area contributed by atoms with Crippen molar-refractivity contribution < 1.29 is 4.92 Å². The summed E-state index contributed by atoms with van der Waals surface area (Å²) in [5.74, 6) is 1.15. The van der Waals surface area contributed by atoms with Gasteiger partial charge in [-0.05, 0) is 31.8 Å². The van der Waals surface area contributed by atoms with Gasteiger partial charge in [0.15, 0.2) is 0 Å². The molecule has 1 aromatic heterocycles. The van der Waals surface area contributed by atoms with Crippen LogP contribution in [0.4, 0.5) is 11.5 Å². The number of rotatable bonds is 4. The molecule has 1 aliphatic rings. The van der Waals surface area contributed by atoms with Crippen molar-refractivity contribution in [3.8, 4) is 0 Å². The number of anilines is 1. The minimum absolute atomic E-state index is 0.0734. The van der Waals surface area contributed by atoms with Gasteiger partial charge in [-0.3, -0.25) is 10.1 Å². The van der Waals surface area contributed by atoms with E-state index in [-0.39, 0.29) is 5.69 Å². The van der Waals surface area contributed by atoms with Crippen molar-refractivity contribution in [1.82, 2.24) is 10.3 Å². The number of aromatic nitrogens is 1. The Morgan fingerprint density at radius 3 is 3.24 bits per heavy atom. The van der Waals surface area contributed by atoms with Gasteiger partial charge in [0.1, 0.15) is 5.82 Å². The second kappa shape index (κ2) is 5.58. The first kappa shape index (κ1) is 11.8. The first-order chi connectivity index (χ1) is 8.25. The van der Waals surface area contributed by atoms with Crippen LogP contribution in [-0.2, 0) is 0 Å². The molecular weight excluding hydrogens is 220 g/mol. The summed E-state index contributed by atoms with van der Waals surface area (Å²) in [4.78, 5) is 14.3. The summed E-state index contributed by atoms with van der Waals surface area (Å²) in [6.45, 7) is 2.90. The number of nitro groups is 1. The van der Waals surface area contributed by atoms with Crippen LogP contribution in [0.3, 0.4) is 0 Å². The summed E-state index contributed by atoms with van der Waals surface area (Å²) < 4.78 is 0. The number of pyridine rings is 1. The minimum atomic E-state index is -0.408. The molecule has 2 N–H and O–H groups in total. The van der Waals surface area contributed by atoms with Crippen molar-refractivity contribution in [2.45, 2.75) is 12.8 Å². The summed E-state index contributed by atoms with van der Waals surface area (Å²) in [6.07, 6.45) is 3.84. The summed E-state index contributed by atoms with van der Waals surface area (Å²) in [7, 11) is 0. The zero-order valence-electron chi connectivity index (χ0n) is 9.56. The predicted molar refractivity (Wildman–Crippen MR) is 65.0 cm³/mol. The lowest BCUT2D eigenvalue weighted by atomic mass is 10.00. The SMILES string of the molecule is O=[N+]([O-])c1ccnc(NCC2CCCNC2)c1. The van der Waals surface area contributed by atoms with Crippen LogP contribution in [0.1, 0.15) is 12.8 Å². The quantitative estimate of drug-likeness (QED) is 0.610. The topological polar surface area (TPSA) is 80.1 Å². The molecule has 17 heavy (non-hydrogen) atoms. The van der Waals surface area contributed by atoms with Crippen LogP contribution in [0.2, 0.25) is 0 Å². The van der Waals surface area contributed by atoms with E-state index in [1.54, 1.807) is 0 Å². The largest absolute Gasteiger partial charge is 0.370 e. The van der Waals surface area contributed by atoms with E-state index >= 15 is 0 Å². The molecule has 0 aliphatic carbocycles. The maximum Gasteiger partial charge on any atom is 0.274 e. The molecule has 0 bridgehead atoms. The number of nitrogens with one attached hydrogen (secondary N) is 2. The van der Waals surface area contributed by atoms with E-state index in [4.69, 9.17) is 0 Å². The van der Waals surface area contributed by atoms with Gasteiger partial charge in [0.05, 0.1) is 11.0 Å². The fraction of sp³-hybridized carbons (Fsp3) is 0.545. The van der Waals surface area contributed by atoms with Crippen molar-refractivity contribution in [2.24, 2.45) is 5.92 Å². The molecule has 2 heterocycles. The molecule has 1 fully saturated rings. The molecule has 0 aromatic carbocycles. The fourth-order valence-electron chi connectivity index (χ4n) is 1.98. The molecule has 0 amide bonds. The Hall–Kier alpha value is -1.69. The molecule has 1 aromatic rings. The van der Waals surface area contributed by atoms with Gasteiger partial charge in [-0.1, -0.05) is 0 Å².